The number of carbonyl (C=O) groups excluding carboxylic acids is 1. The predicted octanol–water partition coefficient (Wildman–Crippen LogP) is 4.26. The fraction of sp³-hybridized carbons (Fsp3) is 0.538. The van der Waals surface area contributed by atoms with Crippen molar-refractivity contribution in [3.8, 4) is 5.75 Å². The molecule has 0 spiro atoms. The first kappa shape index (κ1) is 28.7. The molecule has 0 radical (unpaired) electrons. The van der Waals surface area contributed by atoms with Gasteiger partial charge in [-0.3, -0.25) is 4.79 Å². The number of β-amino-alcohol motifs (C(OH)–C–C–N with tert-alkyl or cyclic N) is 1. The van der Waals surface area contributed by atoms with Crippen molar-refractivity contribution in [1.82, 2.24) is 9.71 Å². The SMILES string of the molecule is O=C(NS(=O)(=O)c1cccc(N2CC[C@H](O)C2)n1)C1(Oc2cc(Cl)ccc2NC2CCC(C(F)(F)F)CC2)CC1. The van der Waals surface area contributed by atoms with Crippen molar-refractivity contribution in [3.63, 3.8) is 0 Å². The molecule has 3 fully saturated rings. The molecular weight excluding hydrogens is 573 g/mol. The Bertz CT molecular complexity index is 1360. The van der Waals surface area contributed by atoms with Crippen molar-refractivity contribution in [3.05, 3.63) is 41.4 Å². The molecule has 2 saturated carbocycles. The molecule has 1 saturated heterocycles. The quantitative estimate of drug-likeness (QED) is 0.410. The fourth-order valence-corrected chi connectivity index (χ4v) is 6.30. The molecule has 1 aliphatic heterocycles. The number of aliphatic hydroxyl groups excluding tert-OH is 1. The standard InChI is InChI=1S/C26H30ClF3N4O5S/c27-17-6-9-20(31-18-7-4-16(5-8-18)26(28,29)30)21(14-17)39-25(11-12-25)24(36)33-40(37,38)23-3-1-2-22(32-23)34-13-10-19(35)15-34/h1-3,6,9,14,16,18-19,31,35H,4-5,7-8,10-13,15H2,(H,33,36)/t16?,18?,19-/m0/s1. The van der Waals surface area contributed by atoms with Crippen molar-refractivity contribution < 1.29 is 36.2 Å². The largest absolute Gasteiger partial charge is 0.475 e. The second-order valence-electron chi connectivity index (χ2n) is 10.6. The molecule has 3 aliphatic rings. The van der Waals surface area contributed by atoms with Gasteiger partial charge in [0.1, 0.15) is 11.6 Å². The Balaban J connectivity index is 1.27. The third kappa shape index (κ3) is 6.41. The number of rotatable bonds is 8. The van der Waals surface area contributed by atoms with Crippen LogP contribution in [0.15, 0.2) is 41.4 Å². The topological polar surface area (TPSA) is 121 Å². The van der Waals surface area contributed by atoms with E-state index < -0.39 is 39.7 Å². The lowest BCUT2D eigenvalue weighted by molar-refractivity contribution is -0.182. The number of aliphatic hydroxyl groups is 1. The number of alkyl halides is 3. The highest BCUT2D eigenvalue weighted by molar-refractivity contribution is 7.90. The Morgan fingerprint density at radius 3 is 2.48 bits per heavy atom. The van der Waals surface area contributed by atoms with E-state index in [1.165, 1.54) is 18.2 Å². The maximum atomic E-state index is 13.2. The van der Waals surface area contributed by atoms with Gasteiger partial charge in [-0.1, -0.05) is 17.7 Å². The Morgan fingerprint density at radius 1 is 1.12 bits per heavy atom. The Kier molecular flexibility index (Phi) is 7.83. The molecule has 0 bridgehead atoms. The summed E-state index contributed by atoms with van der Waals surface area (Å²) in [6, 6.07) is 8.92. The maximum Gasteiger partial charge on any atom is 0.391 e. The first-order valence-electron chi connectivity index (χ1n) is 13.1. The van der Waals surface area contributed by atoms with Gasteiger partial charge < -0.3 is 20.1 Å². The number of hydrogen-bond donors (Lipinski definition) is 3. The predicted molar refractivity (Wildman–Crippen MR) is 142 cm³/mol. The molecule has 5 rings (SSSR count). The molecule has 1 aromatic carbocycles. The third-order valence-electron chi connectivity index (χ3n) is 7.62. The second-order valence-corrected chi connectivity index (χ2v) is 12.7. The average Bonchev–Trinajstić information content (AvgIpc) is 3.56. The van der Waals surface area contributed by atoms with E-state index in [4.69, 9.17) is 16.3 Å². The monoisotopic (exact) mass is 602 g/mol. The molecule has 2 aliphatic carbocycles. The number of halogens is 4. The van der Waals surface area contributed by atoms with E-state index in [1.807, 2.05) is 0 Å². The summed E-state index contributed by atoms with van der Waals surface area (Å²) in [6.45, 7) is 0.861. The zero-order chi connectivity index (χ0) is 28.7. The number of pyridine rings is 1. The van der Waals surface area contributed by atoms with Gasteiger partial charge in [-0.15, -0.1) is 0 Å². The summed E-state index contributed by atoms with van der Waals surface area (Å²) in [7, 11) is -4.33. The lowest BCUT2D eigenvalue weighted by Crippen LogP contribution is -2.43. The normalized spacial score (nSPS) is 24.4. The van der Waals surface area contributed by atoms with Crippen LogP contribution in [0.3, 0.4) is 0 Å². The minimum Gasteiger partial charge on any atom is -0.475 e. The molecule has 2 aromatic rings. The molecule has 14 heteroatoms. The first-order valence-corrected chi connectivity index (χ1v) is 15.0. The Hall–Kier alpha value is -2.77. The minimum absolute atomic E-state index is 0.0166. The molecule has 1 aromatic heterocycles. The summed E-state index contributed by atoms with van der Waals surface area (Å²) in [5.74, 6) is -1.58. The molecule has 40 heavy (non-hydrogen) atoms. The highest BCUT2D eigenvalue weighted by Crippen LogP contribution is 2.44. The summed E-state index contributed by atoms with van der Waals surface area (Å²) < 4.78 is 73.4. The summed E-state index contributed by atoms with van der Waals surface area (Å²) >= 11 is 6.16. The number of benzene rings is 1. The average molecular weight is 603 g/mol. The zero-order valence-electron chi connectivity index (χ0n) is 21.5. The summed E-state index contributed by atoms with van der Waals surface area (Å²) in [4.78, 5) is 19.1. The van der Waals surface area contributed by atoms with Crippen LogP contribution in [0.25, 0.3) is 0 Å². The van der Waals surface area contributed by atoms with Crippen LogP contribution in [0, 0.1) is 5.92 Å². The Labute approximate surface area is 235 Å². The van der Waals surface area contributed by atoms with Gasteiger partial charge in [-0.05, 0) is 56.4 Å². The fourth-order valence-electron chi connectivity index (χ4n) is 5.13. The number of anilines is 2. The van der Waals surface area contributed by atoms with Gasteiger partial charge in [0, 0.05) is 43.1 Å². The summed E-state index contributed by atoms with van der Waals surface area (Å²) in [5, 5.41) is 13.0. The first-order chi connectivity index (χ1) is 18.8. The van der Waals surface area contributed by atoms with Gasteiger partial charge in [0.2, 0.25) is 0 Å². The van der Waals surface area contributed by atoms with E-state index in [9.17, 15) is 31.5 Å². The van der Waals surface area contributed by atoms with E-state index in [0.717, 1.165) is 0 Å². The number of nitrogens with one attached hydrogen (secondary N) is 2. The summed E-state index contributed by atoms with van der Waals surface area (Å²) in [5.41, 5.74) is -0.984. The van der Waals surface area contributed by atoms with Crippen molar-refractivity contribution in [2.24, 2.45) is 5.92 Å². The van der Waals surface area contributed by atoms with Gasteiger partial charge >= 0.3 is 6.18 Å². The summed E-state index contributed by atoms with van der Waals surface area (Å²) in [6.07, 6.45) is -2.99. The third-order valence-corrected chi connectivity index (χ3v) is 9.08. The van der Waals surface area contributed by atoms with Gasteiger partial charge in [0.15, 0.2) is 10.6 Å². The lowest BCUT2D eigenvalue weighted by Gasteiger charge is -2.31. The Morgan fingerprint density at radius 2 is 1.85 bits per heavy atom. The number of aromatic nitrogens is 1. The maximum absolute atomic E-state index is 13.2. The molecular formula is C26H30ClF3N4O5S. The molecule has 9 nitrogen and oxygen atoms in total. The lowest BCUT2D eigenvalue weighted by atomic mass is 9.85. The molecule has 2 heterocycles. The number of hydrogen-bond acceptors (Lipinski definition) is 8. The van der Waals surface area contributed by atoms with Crippen LogP contribution in [0.5, 0.6) is 5.75 Å². The zero-order valence-corrected chi connectivity index (χ0v) is 23.0. The van der Waals surface area contributed by atoms with Crippen LogP contribution in [0.2, 0.25) is 5.02 Å². The van der Waals surface area contributed by atoms with Gasteiger partial charge in [-0.25, -0.2) is 9.71 Å². The van der Waals surface area contributed by atoms with E-state index in [0.29, 0.717) is 48.9 Å². The highest BCUT2D eigenvalue weighted by atomic mass is 35.5. The second kappa shape index (κ2) is 10.9. The van der Waals surface area contributed by atoms with Crippen molar-refractivity contribution >= 4 is 39.0 Å². The van der Waals surface area contributed by atoms with Crippen LogP contribution < -0.4 is 19.7 Å². The highest BCUT2D eigenvalue weighted by Gasteiger charge is 2.54. The molecule has 0 unspecified atom stereocenters. The van der Waals surface area contributed by atoms with Crippen LogP contribution >= 0.6 is 11.6 Å². The molecule has 1 atom stereocenters. The van der Waals surface area contributed by atoms with Crippen molar-refractivity contribution in [2.75, 3.05) is 23.3 Å². The van der Waals surface area contributed by atoms with Crippen LogP contribution in [-0.4, -0.2) is 61.4 Å². The van der Waals surface area contributed by atoms with Gasteiger partial charge in [-0.2, -0.15) is 21.6 Å². The van der Waals surface area contributed by atoms with E-state index in [1.54, 1.807) is 23.1 Å². The van der Waals surface area contributed by atoms with E-state index >= 15 is 0 Å². The minimum atomic E-state index is -4.33. The van der Waals surface area contributed by atoms with Gasteiger partial charge in [0.25, 0.3) is 15.9 Å². The van der Waals surface area contributed by atoms with Gasteiger partial charge in [0.05, 0.1) is 17.7 Å². The van der Waals surface area contributed by atoms with E-state index in [-0.39, 0.29) is 42.5 Å². The van der Waals surface area contributed by atoms with Crippen molar-refractivity contribution in [1.29, 1.82) is 0 Å². The molecule has 3 N–H and O–H groups in total. The van der Waals surface area contributed by atoms with Crippen LogP contribution in [0.1, 0.15) is 44.9 Å². The molecule has 218 valence electrons. The van der Waals surface area contributed by atoms with Crippen molar-refractivity contribution in [2.45, 2.75) is 73.9 Å². The number of nitrogens with zero attached hydrogens (tertiary/aromatic N) is 2. The smallest absolute Gasteiger partial charge is 0.391 e. The molecule has 1 amide bonds. The number of sulfonamides is 1. The van der Waals surface area contributed by atoms with Crippen LogP contribution in [0.4, 0.5) is 24.7 Å². The number of carbonyl (C=O) groups is 1. The van der Waals surface area contributed by atoms with E-state index in [2.05, 4.69) is 15.0 Å². The number of amides is 1. The van der Waals surface area contributed by atoms with Crippen LogP contribution in [-0.2, 0) is 14.8 Å². The number of ether oxygens (including phenoxy) is 1.